The van der Waals surface area contributed by atoms with Crippen LogP contribution in [0, 0.1) is 23.7 Å². The molecule has 0 amide bonds. The minimum atomic E-state index is -1.60. The van der Waals surface area contributed by atoms with Gasteiger partial charge in [-0.05, 0) is 47.9 Å². The van der Waals surface area contributed by atoms with Gasteiger partial charge in [0.2, 0.25) is 0 Å². The molecule has 16 heavy (non-hydrogen) atoms. The van der Waals surface area contributed by atoms with Gasteiger partial charge in [-0.15, -0.1) is 0 Å². The topological polar surface area (TPSA) is 0 Å². The molecule has 0 aliphatic carbocycles. The molecule has 1 saturated heterocycles. The lowest BCUT2D eigenvalue weighted by molar-refractivity contribution is 0.206. The lowest BCUT2D eigenvalue weighted by Crippen LogP contribution is -2.41. The van der Waals surface area contributed by atoms with Crippen molar-refractivity contribution in [2.24, 2.45) is 23.7 Å². The van der Waals surface area contributed by atoms with Gasteiger partial charge < -0.3 is 0 Å². The van der Waals surface area contributed by atoms with E-state index in [0.29, 0.717) is 0 Å². The molecule has 98 valence electrons. The van der Waals surface area contributed by atoms with Gasteiger partial charge in [0.15, 0.2) is 6.56 Å². The van der Waals surface area contributed by atoms with Crippen LogP contribution in [0.5, 0.6) is 0 Å². The van der Waals surface area contributed by atoms with Crippen LogP contribution in [-0.4, -0.2) is 24.3 Å². The van der Waals surface area contributed by atoms with Crippen molar-refractivity contribution < 1.29 is 0 Å². The highest BCUT2D eigenvalue weighted by Gasteiger charge is 2.43. The number of thiol groups is 2. The molecule has 3 heteroatoms. The van der Waals surface area contributed by atoms with Crippen LogP contribution >= 0.6 is 19.7 Å². The average Bonchev–Trinajstić information content (AvgIpc) is 2.16. The molecule has 1 aliphatic heterocycles. The van der Waals surface area contributed by atoms with Crippen LogP contribution in [0.1, 0.15) is 34.1 Å². The fourth-order valence-corrected chi connectivity index (χ4v) is 7.99. The summed E-state index contributed by atoms with van der Waals surface area (Å²) in [6.07, 6.45) is 3.94. The van der Waals surface area contributed by atoms with E-state index >= 15 is 0 Å². The highest BCUT2D eigenvalue weighted by atomic mass is 33.2. The first kappa shape index (κ1) is 14.8. The van der Waals surface area contributed by atoms with Crippen LogP contribution in [0.2, 0.25) is 6.82 Å². The molecule has 0 radical (unpaired) electrons. The van der Waals surface area contributed by atoms with E-state index in [0.717, 1.165) is 23.7 Å². The van der Waals surface area contributed by atoms with E-state index in [1.807, 2.05) is 0 Å². The number of hydrogen-bond donors (Lipinski definition) is 2. The molecule has 0 N–H and O–H groups in total. The Balaban J connectivity index is 2.89. The second kappa shape index (κ2) is 4.80. The Bertz CT molecular complexity index is 248. The van der Waals surface area contributed by atoms with Crippen molar-refractivity contribution in [3.63, 3.8) is 0 Å². The van der Waals surface area contributed by atoms with Crippen LogP contribution in [-0.2, 0) is 0 Å². The predicted octanol–water partition coefficient (Wildman–Crippen LogP) is 3.88. The monoisotopic (exact) mass is 262 g/mol. The Kier molecular flexibility index (Phi) is 4.45. The third-order valence-corrected chi connectivity index (χ3v) is 11.8. The molecular formula is C13H31BS2. The molecule has 0 nitrogen and oxygen atoms in total. The Morgan fingerprint density at radius 2 is 1.62 bits per heavy atom. The molecule has 1 heterocycles. The Morgan fingerprint density at radius 1 is 1.12 bits per heavy atom. The molecule has 0 bridgehead atoms. The van der Waals surface area contributed by atoms with Gasteiger partial charge in [0, 0.05) is 0 Å². The molecule has 0 aromatic carbocycles. The van der Waals surface area contributed by atoms with E-state index in [9.17, 15) is 0 Å². The number of hydrogen-bond acceptors (Lipinski definition) is 1. The van der Waals surface area contributed by atoms with Crippen LogP contribution in [0.15, 0.2) is 0 Å². The largest absolute Gasteiger partial charge is 0.271 e. The summed E-state index contributed by atoms with van der Waals surface area (Å²) in [4.78, 5) is 0. The van der Waals surface area contributed by atoms with Gasteiger partial charge in [0.1, 0.15) is 0 Å². The van der Waals surface area contributed by atoms with Crippen LogP contribution in [0.25, 0.3) is 0 Å². The molecule has 1 aliphatic rings. The Hall–Kier alpha value is 0.765. The van der Waals surface area contributed by atoms with Gasteiger partial charge >= 0.3 is 0 Å². The third-order valence-electron chi connectivity index (χ3n) is 5.00. The van der Waals surface area contributed by atoms with Crippen molar-refractivity contribution in [3.8, 4) is 0 Å². The van der Waals surface area contributed by atoms with E-state index in [1.54, 1.807) is 0 Å². The molecular weight excluding hydrogens is 231 g/mol. The normalized spacial score (nSPS) is 35.7. The first-order chi connectivity index (χ1) is 7.18. The lowest BCUT2D eigenvalue weighted by Gasteiger charge is -2.61. The Labute approximate surface area is 109 Å². The maximum absolute atomic E-state index is 5.20. The molecule has 1 fully saturated rings. The van der Waals surface area contributed by atoms with Crippen LogP contribution in [0.4, 0.5) is 0 Å². The van der Waals surface area contributed by atoms with Gasteiger partial charge in [-0.2, -0.15) is 11.7 Å². The summed E-state index contributed by atoms with van der Waals surface area (Å²) >= 11 is 5.20. The fraction of sp³-hybridized carbons (Fsp3) is 1.00. The average molecular weight is 262 g/mol. The maximum atomic E-state index is 5.20. The SMILES string of the molecule is CB[SH]1(C)(S)CCC(C(C)C)C(C(C)C)C1. The second-order valence-corrected chi connectivity index (χ2v) is 16.7. The molecule has 2 unspecified atom stereocenters. The van der Waals surface area contributed by atoms with Crippen molar-refractivity contribution in [2.45, 2.75) is 40.9 Å². The summed E-state index contributed by atoms with van der Waals surface area (Å²) in [5.74, 6) is 6.36. The van der Waals surface area contributed by atoms with Crippen molar-refractivity contribution in [3.05, 3.63) is 0 Å². The van der Waals surface area contributed by atoms with E-state index in [2.05, 4.69) is 40.8 Å². The van der Waals surface area contributed by atoms with Crippen LogP contribution in [0.3, 0.4) is 0 Å². The lowest BCUT2D eigenvalue weighted by atomic mass is 9.76. The standard InChI is InChI=1S/C13H31BS2/c1-10(2)12-7-8-16(6,15,14-5)9-13(12)11(3)4/h10-16H,7-9H2,1-6H3. The van der Waals surface area contributed by atoms with E-state index in [4.69, 9.17) is 11.7 Å². The van der Waals surface area contributed by atoms with Crippen LogP contribution < -0.4 is 0 Å². The smallest absolute Gasteiger partial charge is 0.163 e. The first-order valence-corrected chi connectivity index (χ1v) is 11.3. The first-order valence-electron chi connectivity index (χ1n) is 6.93. The van der Waals surface area contributed by atoms with Crippen molar-refractivity contribution in [1.29, 1.82) is 0 Å². The molecule has 0 saturated carbocycles. The van der Waals surface area contributed by atoms with Crippen molar-refractivity contribution in [2.75, 3.05) is 17.8 Å². The zero-order valence-corrected chi connectivity index (χ0v) is 13.8. The van der Waals surface area contributed by atoms with Gasteiger partial charge in [-0.3, -0.25) is 8.04 Å². The predicted molar refractivity (Wildman–Crippen MR) is 87.9 cm³/mol. The van der Waals surface area contributed by atoms with Crippen molar-refractivity contribution in [1.82, 2.24) is 0 Å². The van der Waals surface area contributed by atoms with Gasteiger partial charge in [-0.25, -0.2) is 0 Å². The molecule has 0 spiro atoms. The highest BCUT2D eigenvalue weighted by Crippen LogP contribution is 2.73. The van der Waals surface area contributed by atoms with Gasteiger partial charge in [0.25, 0.3) is 0 Å². The fourth-order valence-electron chi connectivity index (χ4n) is 3.38. The zero-order chi connectivity index (χ0) is 12.6. The summed E-state index contributed by atoms with van der Waals surface area (Å²) in [6.45, 7) is 13.3. The summed E-state index contributed by atoms with van der Waals surface area (Å²) in [7, 11) is -1.60. The molecule has 1 rings (SSSR count). The highest BCUT2D eigenvalue weighted by molar-refractivity contribution is 9.07. The van der Waals surface area contributed by atoms with E-state index in [-0.39, 0.29) is 0 Å². The van der Waals surface area contributed by atoms with Gasteiger partial charge in [-0.1, -0.05) is 34.5 Å². The second-order valence-electron chi connectivity index (χ2n) is 7.07. The summed E-state index contributed by atoms with van der Waals surface area (Å²) in [6, 6.07) is 0. The minimum absolute atomic E-state index is 0.827. The summed E-state index contributed by atoms with van der Waals surface area (Å²) < 4.78 is 0. The molecule has 0 aromatic heterocycles. The number of rotatable bonds is 3. The maximum Gasteiger partial charge on any atom is 0.163 e. The summed E-state index contributed by atoms with van der Waals surface area (Å²) in [5, 5.41) is 0. The molecule has 2 atom stereocenters. The summed E-state index contributed by atoms with van der Waals surface area (Å²) in [5.41, 5.74) is 0. The van der Waals surface area contributed by atoms with Crippen molar-refractivity contribution >= 4 is 26.3 Å². The van der Waals surface area contributed by atoms with E-state index < -0.39 is 8.04 Å². The quantitative estimate of drug-likeness (QED) is 0.430. The zero-order valence-electron chi connectivity index (χ0n) is 12.0. The molecule has 0 aromatic rings. The minimum Gasteiger partial charge on any atom is -0.271 e. The third kappa shape index (κ3) is 3.16. The van der Waals surface area contributed by atoms with Gasteiger partial charge in [0.05, 0.1) is 0 Å². The van der Waals surface area contributed by atoms with E-state index in [1.165, 1.54) is 24.5 Å². The Morgan fingerprint density at radius 3 is 2.00 bits per heavy atom.